The molecule has 0 fully saturated rings. The van der Waals surface area contributed by atoms with Gasteiger partial charge in [-0.15, -0.1) is 0 Å². The summed E-state index contributed by atoms with van der Waals surface area (Å²) in [5.41, 5.74) is 1.55. The second-order valence-electron chi connectivity index (χ2n) is 8.62. The van der Waals surface area contributed by atoms with E-state index in [2.05, 4.69) is 21.2 Å². The van der Waals surface area contributed by atoms with Gasteiger partial charge in [-0.05, 0) is 66.1 Å². The second kappa shape index (κ2) is 12.1. The molecule has 0 saturated carbocycles. The third-order valence-electron chi connectivity index (χ3n) is 5.88. The van der Waals surface area contributed by atoms with Crippen LogP contribution in [-0.2, 0) is 22.4 Å². The molecule has 3 aromatic carbocycles. The number of nitrogens with zero attached hydrogens (tertiary/aromatic N) is 1. The maximum absolute atomic E-state index is 13.5. The van der Waals surface area contributed by atoms with Gasteiger partial charge in [0, 0.05) is 36.0 Å². The third-order valence-corrected chi connectivity index (χ3v) is 6.41. The molecule has 1 amide bonds. The highest BCUT2D eigenvalue weighted by Gasteiger charge is 2.44. The van der Waals surface area contributed by atoms with E-state index in [1.54, 1.807) is 12.1 Å². The van der Waals surface area contributed by atoms with Gasteiger partial charge in [-0.2, -0.15) is 0 Å². The van der Waals surface area contributed by atoms with E-state index < -0.39 is 5.54 Å². The van der Waals surface area contributed by atoms with Gasteiger partial charge in [0.1, 0.15) is 18.2 Å². The van der Waals surface area contributed by atoms with Crippen LogP contribution in [0, 0.1) is 5.82 Å². The Morgan fingerprint density at radius 2 is 1.75 bits per heavy atom. The maximum atomic E-state index is 13.5. The number of ether oxygens (including phenoxy) is 2. The van der Waals surface area contributed by atoms with Crippen molar-refractivity contribution in [2.45, 2.75) is 24.8 Å². The fourth-order valence-electron chi connectivity index (χ4n) is 3.91. The fraction of sp³-hybridized carbons (Fsp3) is 0.286. The van der Waals surface area contributed by atoms with Crippen LogP contribution in [0.5, 0.6) is 5.75 Å². The third kappa shape index (κ3) is 6.71. The Labute approximate surface area is 218 Å². The first-order valence-corrected chi connectivity index (χ1v) is 12.6. The molecule has 0 saturated heterocycles. The van der Waals surface area contributed by atoms with Crippen molar-refractivity contribution < 1.29 is 23.8 Å². The lowest BCUT2D eigenvalue weighted by Crippen LogP contribution is -2.48. The van der Waals surface area contributed by atoms with Crippen LogP contribution >= 0.6 is 15.9 Å². The standard InChI is InChI=1S/C28H28BrFN2O4/c29-23-8-2-21(3-9-23)18-28(27(34)31-15-14-20-4-10-24(30)11-5-20)19-36-26(32-28)22-6-12-25(13-7-22)35-17-1-16-33/h2-13,33H,1,14-19H2,(H,31,34)/t28-/m1/s1. The van der Waals surface area contributed by atoms with E-state index in [-0.39, 0.29) is 24.9 Å². The molecule has 0 bridgehead atoms. The van der Waals surface area contributed by atoms with Crippen molar-refractivity contribution in [1.82, 2.24) is 5.32 Å². The average Bonchev–Trinajstić information content (AvgIpc) is 3.32. The molecular weight excluding hydrogens is 527 g/mol. The number of carbonyl (C=O) groups is 1. The molecular formula is C28H28BrFN2O4. The first-order valence-electron chi connectivity index (χ1n) is 11.8. The van der Waals surface area contributed by atoms with Crippen molar-refractivity contribution in [1.29, 1.82) is 0 Å². The van der Waals surface area contributed by atoms with Crippen molar-refractivity contribution in [3.05, 3.63) is 99.8 Å². The van der Waals surface area contributed by atoms with Crippen molar-refractivity contribution in [2.24, 2.45) is 4.99 Å². The Morgan fingerprint density at radius 1 is 1.06 bits per heavy atom. The van der Waals surface area contributed by atoms with E-state index in [9.17, 15) is 9.18 Å². The van der Waals surface area contributed by atoms with Gasteiger partial charge < -0.3 is 19.9 Å². The van der Waals surface area contributed by atoms with Crippen LogP contribution in [0.3, 0.4) is 0 Å². The van der Waals surface area contributed by atoms with Crippen LogP contribution in [0.1, 0.15) is 23.1 Å². The van der Waals surface area contributed by atoms with Crippen LogP contribution in [0.4, 0.5) is 4.39 Å². The van der Waals surface area contributed by atoms with Crippen LogP contribution in [0.15, 0.2) is 82.3 Å². The summed E-state index contributed by atoms with van der Waals surface area (Å²) in [6.45, 7) is 1.03. The molecule has 0 aromatic heterocycles. The number of benzene rings is 3. The van der Waals surface area contributed by atoms with Crippen molar-refractivity contribution in [3.8, 4) is 5.75 Å². The summed E-state index contributed by atoms with van der Waals surface area (Å²) >= 11 is 3.45. The van der Waals surface area contributed by atoms with E-state index in [0.717, 1.165) is 21.2 Å². The zero-order valence-corrected chi connectivity index (χ0v) is 21.3. The van der Waals surface area contributed by atoms with E-state index in [1.807, 2.05) is 48.5 Å². The number of carbonyl (C=O) groups excluding carboxylic acids is 1. The molecule has 1 aliphatic rings. The number of nitrogens with one attached hydrogen (secondary N) is 1. The normalized spacial score (nSPS) is 16.8. The van der Waals surface area contributed by atoms with Crippen LogP contribution in [0.2, 0.25) is 0 Å². The summed E-state index contributed by atoms with van der Waals surface area (Å²) in [7, 11) is 0. The number of hydrogen-bond donors (Lipinski definition) is 2. The van der Waals surface area contributed by atoms with E-state index in [1.165, 1.54) is 12.1 Å². The van der Waals surface area contributed by atoms with Crippen LogP contribution in [-0.4, -0.2) is 48.8 Å². The molecule has 3 aromatic rings. The molecule has 1 aliphatic heterocycles. The molecule has 4 rings (SSSR count). The highest BCUT2D eigenvalue weighted by molar-refractivity contribution is 9.10. The van der Waals surface area contributed by atoms with Gasteiger partial charge in [0.05, 0.1) is 6.61 Å². The number of aliphatic hydroxyl groups is 1. The van der Waals surface area contributed by atoms with Gasteiger partial charge in [0.2, 0.25) is 5.90 Å². The minimum atomic E-state index is -1.11. The summed E-state index contributed by atoms with van der Waals surface area (Å²) in [4.78, 5) is 18.2. The minimum Gasteiger partial charge on any atom is -0.494 e. The molecule has 8 heteroatoms. The predicted octanol–water partition coefficient (Wildman–Crippen LogP) is 4.47. The Morgan fingerprint density at radius 3 is 2.44 bits per heavy atom. The molecule has 6 nitrogen and oxygen atoms in total. The number of rotatable bonds is 11. The molecule has 188 valence electrons. The van der Waals surface area contributed by atoms with Crippen molar-refractivity contribution >= 4 is 27.7 Å². The minimum absolute atomic E-state index is 0.0785. The lowest BCUT2D eigenvalue weighted by atomic mass is 9.91. The second-order valence-corrected chi connectivity index (χ2v) is 9.54. The largest absolute Gasteiger partial charge is 0.494 e. The molecule has 1 atom stereocenters. The summed E-state index contributed by atoms with van der Waals surface area (Å²) < 4.78 is 25.7. The monoisotopic (exact) mass is 554 g/mol. The van der Waals surface area contributed by atoms with Crippen molar-refractivity contribution in [2.75, 3.05) is 26.4 Å². The summed E-state index contributed by atoms with van der Waals surface area (Å²) in [5, 5.41) is 11.9. The Hall–Kier alpha value is -3.23. The van der Waals surface area contributed by atoms with Crippen molar-refractivity contribution in [3.63, 3.8) is 0 Å². The zero-order chi connectivity index (χ0) is 25.4. The van der Waals surface area contributed by atoms with E-state index in [4.69, 9.17) is 19.6 Å². The quantitative estimate of drug-likeness (QED) is 0.343. The highest BCUT2D eigenvalue weighted by atomic mass is 79.9. The average molecular weight is 555 g/mol. The summed E-state index contributed by atoms with van der Waals surface area (Å²) in [5.74, 6) is 0.589. The molecule has 36 heavy (non-hydrogen) atoms. The number of aliphatic hydroxyl groups excluding tert-OH is 1. The highest BCUT2D eigenvalue weighted by Crippen LogP contribution is 2.28. The molecule has 2 N–H and O–H groups in total. The number of halogens is 2. The van der Waals surface area contributed by atoms with Crippen LogP contribution in [0.25, 0.3) is 0 Å². The Bertz CT molecular complexity index is 1180. The first kappa shape index (κ1) is 25.9. The molecule has 1 heterocycles. The van der Waals surface area contributed by atoms with Gasteiger partial charge in [-0.3, -0.25) is 4.79 Å². The summed E-state index contributed by atoms with van der Waals surface area (Å²) in [6, 6.07) is 21.4. The van der Waals surface area contributed by atoms with E-state index >= 15 is 0 Å². The fourth-order valence-corrected chi connectivity index (χ4v) is 4.17. The van der Waals surface area contributed by atoms with Gasteiger partial charge in [0.15, 0.2) is 5.54 Å². The molecule has 0 radical (unpaired) electrons. The number of hydrogen-bond acceptors (Lipinski definition) is 5. The maximum Gasteiger partial charge on any atom is 0.251 e. The topological polar surface area (TPSA) is 80.2 Å². The number of amides is 1. The smallest absolute Gasteiger partial charge is 0.251 e. The Balaban J connectivity index is 1.50. The lowest BCUT2D eigenvalue weighted by Gasteiger charge is -2.23. The molecule has 0 unspecified atom stereocenters. The summed E-state index contributed by atoms with van der Waals surface area (Å²) in [6.07, 6.45) is 1.52. The molecule has 0 aliphatic carbocycles. The number of aliphatic imine (C=N–C) groups is 1. The van der Waals surface area contributed by atoms with Gasteiger partial charge in [-0.1, -0.05) is 40.2 Å². The van der Waals surface area contributed by atoms with Gasteiger partial charge in [-0.25, -0.2) is 9.38 Å². The molecule has 0 spiro atoms. The van der Waals surface area contributed by atoms with E-state index in [0.29, 0.717) is 44.1 Å². The van der Waals surface area contributed by atoms with Gasteiger partial charge >= 0.3 is 0 Å². The SMILES string of the molecule is O=C(NCCc1ccc(F)cc1)[C@@]1(Cc2ccc(Br)cc2)COC(c2ccc(OCCCO)cc2)=N1. The van der Waals surface area contributed by atoms with Crippen LogP contribution < -0.4 is 10.1 Å². The first-order chi connectivity index (χ1) is 17.5. The zero-order valence-electron chi connectivity index (χ0n) is 19.8. The lowest BCUT2D eigenvalue weighted by molar-refractivity contribution is -0.126. The predicted molar refractivity (Wildman–Crippen MR) is 140 cm³/mol. The van der Waals surface area contributed by atoms with Gasteiger partial charge in [0.25, 0.3) is 5.91 Å². The Kier molecular flexibility index (Phi) is 8.72.